The van der Waals surface area contributed by atoms with E-state index in [0.29, 0.717) is 50.5 Å². The van der Waals surface area contributed by atoms with Crippen molar-refractivity contribution in [2.45, 2.75) is 50.9 Å². The Bertz CT molecular complexity index is 1010. The number of nitrogens with zero attached hydrogens (tertiary/aromatic N) is 3. The lowest BCUT2D eigenvalue weighted by molar-refractivity contribution is -0.160. The predicted molar refractivity (Wildman–Crippen MR) is 137 cm³/mol. The van der Waals surface area contributed by atoms with E-state index in [-0.39, 0.29) is 70.8 Å². The van der Waals surface area contributed by atoms with Gasteiger partial charge in [-0.05, 0) is 26.3 Å². The minimum atomic E-state index is -1.12. The maximum atomic E-state index is 13.1. The number of piperazine rings is 1. The summed E-state index contributed by atoms with van der Waals surface area (Å²) in [6, 6.07) is -0.603. The fourth-order valence-corrected chi connectivity index (χ4v) is 7.65. The molecule has 204 valence electrons. The third-order valence-corrected chi connectivity index (χ3v) is 9.48. The van der Waals surface area contributed by atoms with Crippen LogP contribution in [-0.2, 0) is 24.0 Å². The summed E-state index contributed by atoms with van der Waals surface area (Å²) < 4.78 is 0. The molecule has 0 radical (unpaired) electrons. The molecule has 0 aromatic carbocycles. The van der Waals surface area contributed by atoms with Crippen LogP contribution in [0.2, 0.25) is 0 Å². The molecule has 4 heterocycles. The zero-order valence-corrected chi connectivity index (χ0v) is 22.7. The lowest BCUT2D eigenvalue weighted by Crippen LogP contribution is -2.62. The van der Waals surface area contributed by atoms with Gasteiger partial charge in [0.05, 0.1) is 24.5 Å². The van der Waals surface area contributed by atoms with E-state index in [1.165, 1.54) is 23.6 Å². The van der Waals surface area contributed by atoms with Gasteiger partial charge in [-0.1, -0.05) is 13.8 Å². The van der Waals surface area contributed by atoms with Gasteiger partial charge in [-0.25, -0.2) is 4.79 Å². The van der Waals surface area contributed by atoms with Crippen molar-refractivity contribution < 1.29 is 29.1 Å². The van der Waals surface area contributed by atoms with Gasteiger partial charge in [0.2, 0.25) is 17.7 Å². The fourth-order valence-electron chi connectivity index (χ4n) is 6.17. The molecule has 0 aromatic rings. The Morgan fingerprint density at radius 2 is 1.81 bits per heavy atom. The van der Waals surface area contributed by atoms with Crippen molar-refractivity contribution >= 4 is 41.2 Å². The van der Waals surface area contributed by atoms with E-state index in [9.17, 15) is 29.1 Å². The summed E-state index contributed by atoms with van der Waals surface area (Å²) in [6.45, 7) is 8.20. The third-order valence-electron chi connectivity index (χ3n) is 7.97. The van der Waals surface area contributed by atoms with Crippen molar-refractivity contribution in [2.75, 3.05) is 46.3 Å². The highest BCUT2D eigenvalue weighted by Crippen LogP contribution is 2.53. The number of thioether (sulfide) groups is 1. The predicted octanol–water partition coefficient (Wildman–Crippen LogP) is -0.272. The first-order valence-corrected chi connectivity index (χ1v) is 13.8. The zero-order valence-electron chi connectivity index (χ0n) is 21.9. The molecule has 6 atom stereocenters. The van der Waals surface area contributed by atoms with Crippen LogP contribution in [0.4, 0.5) is 0 Å². The zero-order chi connectivity index (χ0) is 27.0. The van der Waals surface area contributed by atoms with Crippen LogP contribution in [0.1, 0.15) is 33.6 Å². The number of amides is 3. The largest absolute Gasteiger partial charge is 0.477 e. The summed E-state index contributed by atoms with van der Waals surface area (Å²) in [4.78, 5) is 67.6. The normalized spacial score (nSPS) is 30.3. The van der Waals surface area contributed by atoms with E-state index in [2.05, 4.69) is 10.6 Å². The van der Waals surface area contributed by atoms with E-state index in [0.717, 1.165) is 0 Å². The van der Waals surface area contributed by atoms with Gasteiger partial charge in [-0.15, -0.1) is 11.8 Å². The van der Waals surface area contributed by atoms with Crippen LogP contribution < -0.4 is 10.6 Å². The smallest absolute Gasteiger partial charge is 0.353 e. The molecule has 0 aliphatic carbocycles. The number of aliphatic carboxylic acids is 1. The Hall–Kier alpha value is -2.44. The number of nitrogens with one attached hydrogen (secondary N) is 2. The van der Waals surface area contributed by atoms with Crippen LogP contribution in [0.15, 0.2) is 10.6 Å². The summed E-state index contributed by atoms with van der Waals surface area (Å²) in [6.07, 6.45) is 0.862. The summed E-state index contributed by atoms with van der Waals surface area (Å²) >= 11 is 1.46. The van der Waals surface area contributed by atoms with Gasteiger partial charge >= 0.3 is 5.97 Å². The fraction of sp³-hybridized carbons (Fsp3) is 0.720. The SMILES string of the molecule is CNCC(=O)N1CCN(C(=O)C2CC(SC3=C(C(=O)O)N4C(=O)[C@H]([C@@H](C)CC(C)=O)[C@@H]4[C@H]3C)CN2)CC1. The minimum Gasteiger partial charge on any atom is -0.477 e. The highest BCUT2D eigenvalue weighted by atomic mass is 32.2. The van der Waals surface area contributed by atoms with E-state index in [4.69, 9.17) is 0 Å². The van der Waals surface area contributed by atoms with Gasteiger partial charge in [0.1, 0.15) is 11.5 Å². The molecule has 4 rings (SSSR count). The van der Waals surface area contributed by atoms with Gasteiger partial charge in [0.15, 0.2) is 0 Å². The van der Waals surface area contributed by atoms with Crippen molar-refractivity contribution in [3.05, 3.63) is 10.6 Å². The molecule has 0 aromatic heterocycles. The van der Waals surface area contributed by atoms with Gasteiger partial charge in [0.25, 0.3) is 0 Å². The second-order valence-corrected chi connectivity index (χ2v) is 11.9. The standard InChI is InChI=1S/C25H37N5O6S/c1-13(9-14(2)31)19-20-15(3)22(21(25(35)36)30(20)24(19)34)37-16-10-17(27-11-16)23(33)29-7-5-28(6-8-29)18(32)12-26-4/h13,15-17,19-20,26-27H,5-12H2,1-4H3,(H,35,36)/t13-,15+,16?,17?,19+,20-/m0/s1. The first-order chi connectivity index (χ1) is 17.5. The van der Waals surface area contributed by atoms with Crippen LogP contribution in [0.3, 0.4) is 0 Å². The molecule has 11 nitrogen and oxygen atoms in total. The molecule has 3 saturated heterocycles. The molecular weight excluding hydrogens is 498 g/mol. The second-order valence-electron chi connectivity index (χ2n) is 10.6. The minimum absolute atomic E-state index is 0.00106. The quantitative estimate of drug-likeness (QED) is 0.341. The molecule has 12 heteroatoms. The number of likely N-dealkylation sites (N-methyl/N-ethyl adjacent to an activating group) is 1. The van der Waals surface area contributed by atoms with Crippen LogP contribution >= 0.6 is 11.8 Å². The van der Waals surface area contributed by atoms with Crippen LogP contribution in [0.5, 0.6) is 0 Å². The molecule has 3 amide bonds. The Balaban J connectivity index is 1.37. The van der Waals surface area contributed by atoms with Crippen molar-refractivity contribution in [1.82, 2.24) is 25.3 Å². The highest BCUT2D eigenvalue weighted by Gasteiger charge is 2.60. The summed E-state index contributed by atoms with van der Waals surface area (Å²) in [7, 11) is 1.73. The number of carbonyl (C=O) groups excluding carboxylic acids is 4. The highest BCUT2D eigenvalue weighted by molar-refractivity contribution is 8.03. The van der Waals surface area contributed by atoms with Gasteiger partial charge in [0, 0.05) is 55.2 Å². The average molecular weight is 536 g/mol. The summed E-state index contributed by atoms with van der Waals surface area (Å²) in [5, 5.41) is 16.1. The molecule has 4 aliphatic rings. The monoisotopic (exact) mass is 535 g/mol. The molecule has 0 bridgehead atoms. The van der Waals surface area contributed by atoms with E-state index < -0.39 is 5.97 Å². The van der Waals surface area contributed by atoms with Gasteiger partial charge < -0.3 is 35.2 Å². The molecule has 3 N–H and O–H groups in total. The number of carboxylic acids is 1. The Labute approximate surface area is 221 Å². The lowest BCUT2D eigenvalue weighted by atomic mass is 9.73. The number of β-lactam (4-membered cyclic amide) rings is 1. The maximum Gasteiger partial charge on any atom is 0.353 e. The number of hydrogen-bond donors (Lipinski definition) is 3. The number of rotatable bonds is 9. The van der Waals surface area contributed by atoms with E-state index >= 15 is 0 Å². The van der Waals surface area contributed by atoms with Crippen molar-refractivity contribution in [3.8, 4) is 0 Å². The van der Waals surface area contributed by atoms with Crippen LogP contribution in [0.25, 0.3) is 0 Å². The van der Waals surface area contributed by atoms with E-state index in [1.807, 2.05) is 13.8 Å². The molecule has 0 saturated carbocycles. The topological polar surface area (TPSA) is 139 Å². The maximum absolute atomic E-state index is 13.1. The van der Waals surface area contributed by atoms with Crippen molar-refractivity contribution in [3.63, 3.8) is 0 Å². The first-order valence-electron chi connectivity index (χ1n) is 13.0. The van der Waals surface area contributed by atoms with E-state index in [1.54, 1.807) is 16.8 Å². The number of carbonyl (C=O) groups is 5. The number of fused-ring (bicyclic) bond motifs is 1. The molecule has 37 heavy (non-hydrogen) atoms. The van der Waals surface area contributed by atoms with Gasteiger partial charge in [-0.3, -0.25) is 14.4 Å². The summed E-state index contributed by atoms with van der Waals surface area (Å²) in [5.74, 6) is -1.93. The molecule has 4 aliphatic heterocycles. The Kier molecular flexibility index (Phi) is 8.29. The molecule has 0 spiro atoms. The average Bonchev–Trinajstić information content (AvgIpc) is 3.40. The van der Waals surface area contributed by atoms with Crippen LogP contribution in [-0.4, -0.2) is 113 Å². The molecule has 2 unspecified atom stereocenters. The summed E-state index contributed by atoms with van der Waals surface area (Å²) in [5.41, 5.74) is 0.0518. The number of hydrogen-bond acceptors (Lipinski definition) is 8. The number of carboxylic acid groups (broad SMARTS) is 1. The second kappa shape index (κ2) is 11.1. The Morgan fingerprint density at radius 1 is 1.16 bits per heavy atom. The Morgan fingerprint density at radius 3 is 2.41 bits per heavy atom. The van der Waals surface area contributed by atoms with Crippen molar-refractivity contribution in [2.24, 2.45) is 17.8 Å². The lowest BCUT2D eigenvalue weighted by Gasteiger charge is -2.47. The van der Waals surface area contributed by atoms with Gasteiger partial charge in [-0.2, -0.15) is 0 Å². The number of ketones is 1. The first kappa shape index (κ1) is 27.6. The van der Waals surface area contributed by atoms with Crippen LogP contribution in [0, 0.1) is 17.8 Å². The number of Topliss-reactive ketones (excluding diaryl/α,β-unsaturated/α-hetero) is 1. The molecular formula is C25H37N5O6S. The third kappa shape index (κ3) is 5.28. The molecule has 3 fully saturated rings. The van der Waals surface area contributed by atoms with Crippen molar-refractivity contribution in [1.29, 1.82) is 0 Å².